The van der Waals surface area contributed by atoms with E-state index in [2.05, 4.69) is 29.4 Å². The molecule has 31 heavy (non-hydrogen) atoms. The van der Waals surface area contributed by atoms with Crippen LogP contribution in [0.25, 0.3) is 0 Å². The number of fused-ring (bicyclic) bond motifs is 1. The normalized spacial score (nSPS) is 21.4. The Hall–Kier alpha value is -2.25. The topological polar surface area (TPSA) is 61.4 Å². The van der Waals surface area contributed by atoms with Gasteiger partial charge >= 0.3 is 0 Å². The maximum atomic E-state index is 14.1. The molecule has 0 bridgehead atoms. The number of hydrogen-bond donors (Lipinski definition) is 2. The van der Waals surface area contributed by atoms with Crippen LogP contribution >= 0.6 is 11.3 Å². The van der Waals surface area contributed by atoms with E-state index in [-0.39, 0.29) is 17.5 Å². The van der Waals surface area contributed by atoms with Gasteiger partial charge in [-0.05, 0) is 69.2 Å². The number of piperidine rings is 1. The lowest BCUT2D eigenvalue weighted by molar-refractivity contribution is -0.118. The first-order chi connectivity index (χ1) is 14.9. The van der Waals surface area contributed by atoms with Gasteiger partial charge in [0, 0.05) is 10.9 Å². The molecule has 4 rings (SSSR count). The lowest BCUT2D eigenvalue weighted by Crippen LogP contribution is -2.42. The average molecular weight is 444 g/mol. The largest absolute Gasteiger partial charge is 0.319 e. The third kappa shape index (κ3) is 4.99. The SMILES string of the molecule is C[C@H]1CCc2c(sc(NC(=O)CN3CCCC[C@@H]3C)c2C(=O)Nc2ccccc2F)C1. The van der Waals surface area contributed by atoms with Crippen LogP contribution in [0.2, 0.25) is 0 Å². The Morgan fingerprint density at radius 2 is 1.97 bits per heavy atom. The van der Waals surface area contributed by atoms with Crippen molar-refractivity contribution in [2.45, 2.75) is 58.4 Å². The number of nitrogens with one attached hydrogen (secondary N) is 2. The third-order valence-corrected chi connectivity index (χ3v) is 7.57. The molecule has 2 aliphatic rings. The summed E-state index contributed by atoms with van der Waals surface area (Å²) in [5.74, 6) is -0.385. The molecule has 0 unspecified atom stereocenters. The van der Waals surface area contributed by atoms with Gasteiger partial charge < -0.3 is 10.6 Å². The van der Waals surface area contributed by atoms with E-state index in [1.165, 1.54) is 23.8 Å². The van der Waals surface area contributed by atoms with E-state index in [0.29, 0.717) is 29.1 Å². The van der Waals surface area contributed by atoms with E-state index >= 15 is 0 Å². The number of para-hydroxylation sites is 1. The highest BCUT2D eigenvalue weighted by Crippen LogP contribution is 2.40. The van der Waals surface area contributed by atoms with Gasteiger partial charge in [-0.2, -0.15) is 0 Å². The van der Waals surface area contributed by atoms with Gasteiger partial charge in [0.2, 0.25) is 5.91 Å². The molecule has 0 radical (unpaired) electrons. The molecular formula is C24H30FN3O2S. The minimum absolute atomic E-state index is 0.0969. The molecule has 0 saturated carbocycles. The maximum absolute atomic E-state index is 14.1. The summed E-state index contributed by atoms with van der Waals surface area (Å²) < 4.78 is 14.1. The first-order valence-corrected chi connectivity index (χ1v) is 12.0. The first kappa shape index (κ1) is 22.0. The van der Waals surface area contributed by atoms with Gasteiger partial charge in [-0.15, -0.1) is 11.3 Å². The van der Waals surface area contributed by atoms with Crippen LogP contribution in [0.5, 0.6) is 0 Å². The van der Waals surface area contributed by atoms with E-state index < -0.39 is 5.82 Å². The molecular weight excluding hydrogens is 413 g/mol. The minimum atomic E-state index is -0.474. The zero-order valence-electron chi connectivity index (χ0n) is 18.2. The van der Waals surface area contributed by atoms with Crippen LogP contribution in [0.15, 0.2) is 24.3 Å². The second-order valence-corrected chi connectivity index (χ2v) is 9.96. The van der Waals surface area contributed by atoms with Crippen LogP contribution in [0.3, 0.4) is 0 Å². The minimum Gasteiger partial charge on any atom is -0.319 e. The molecule has 1 saturated heterocycles. The number of thiophene rings is 1. The fraction of sp³-hybridized carbons (Fsp3) is 0.500. The quantitative estimate of drug-likeness (QED) is 0.678. The Morgan fingerprint density at radius 3 is 2.74 bits per heavy atom. The maximum Gasteiger partial charge on any atom is 0.259 e. The van der Waals surface area contributed by atoms with E-state index in [4.69, 9.17) is 0 Å². The van der Waals surface area contributed by atoms with Crippen molar-refractivity contribution >= 4 is 33.8 Å². The lowest BCUT2D eigenvalue weighted by Gasteiger charge is -2.32. The number of rotatable bonds is 5. The molecule has 1 fully saturated rings. The number of nitrogens with zero attached hydrogens (tertiary/aromatic N) is 1. The van der Waals surface area contributed by atoms with Crippen molar-refractivity contribution in [2.75, 3.05) is 23.7 Å². The Balaban J connectivity index is 1.57. The van der Waals surface area contributed by atoms with Gasteiger partial charge in [0.1, 0.15) is 10.8 Å². The van der Waals surface area contributed by atoms with Crippen molar-refractivity contribution in [3.05, 3.63) is 46.1 Å². The van der Waals surface area contributed by atoms with Crippen molar-refractivity contribution in [3.63, 3.8) is 0 Å². The number of hydrogen-bond acceptors (Lipinski definition) is 4. The van der Waals surface area contributed by atoms with Crippen LogP contribution in [-0.2, 0) is 17.6 Å². The summed E-state index contributed by atoms with van der Waals surface area (Å²) in [5, 5.41) is 6.31. The molecule has 166 valence electrons. The van der Waals surface area contributed by atoms with Crippen molar-refractivity contribution in [1.29, 1.82) is 0 Å². The fourth-order valence-corrected chi connectivity index (χ4v) is 5.99. The second kappa shape index (κ2) is 9.49. The van der Waals surface area contributed by atoms with Gasteiger partial charge in [-0.1, -0.05) is 25.5 Å². The number of carbonyl (C=O) groups excluding carboxylic acids is 2. The Labute approximate surface area is 187 Å². The molecule has 5 nitrogen and oxygen atoms in total. The summed E-state index contributed by atoms with van der Waals surface area (Å²) in [6.07, 6.45) is 6.12. The molecule has 2 N–H and O–H groups in total. The summed E-state index contributed by atoms with van der Waals surface area (Å²) >= 11 is 1.49. The summed E-state index contributed by atoms with van der Waals surface area (Å²) in [7, 11) is 0. The van der Waals surface area contributed by atoms with E-state index in [9.17, 15) is 14.0 Å². The van der Waals surface area contributed by atoms with Gasteiger partial charge in [-0.3, -0.25) is 14.5 Å². The van der Waals surface area contributed by atoms with Crippen LogP contribution in [0.1, 0.15) is 60.3 Å². The average Bonchev–Trinajstić information content (AvgIpc) is 3.08. The number of carbonyl (C=O) groups is 2. The van der Waals surface area contributed by atoms with Crippen LogP contribution in [0, 0.1) is 11.7 Å². The molecule has 1 aromatic carbocycles. The third-order valence-electron chi connectivity index (χ3n) is 6.40. The van der Waals surface area contributed by atoms with E-state index in [1.807, 2.05) is 0 Å². The van der Waals surface area contributed by atoms with Crippen molar-refractivity contribution < 1.29 is 14.0 Å². The molecule has 0 spiro atoms. The van der Waals surface area contributed by atoms with Gasteiger partial charge in [0.25, 0.3) is 5.91 Å². The monoisotopic (exact) mass is 443 g/mol. The predicted octanol–water partition coefficient (Wildman–Crippen LogP) is 5.08. The number of amides is 2. The van der Waals surface area contributed by atoms with E-state index in [0.717, 1.165) is 49.1 Å². The van der Waals surface area contributed by atoms with Crippen LogP contribution in [0.4, 0.5) is 15.1 Å². The zero-order chi connectivity index (χ0) is 22.0. The molecule has 1 aromatic heterocycles. The zero-order valence-corrected chi connectivity index (χ0v) is 19.0. The Bertz CT molecular complexity index is 974. The smallest absolute Gasteiger partial charge is 0.259 e. The summed E-state index contributed by atoms with van der Waals surface area (Å²) in [4.78, 5) is 29.4. The van der Waals surface area contributed by atoms with Gasteiger partial charge in [-0.25, -0.2) is 4.39 Å². The highest BCUT2D eigenvalue weighted by molar-refractivity contribution is 7.17. The molecule has 1 aliphatic heterocycles. The number of likely N-dealkylation sites (tertiary alicyclic amines) is 1. The van der Waals surface area contributed by atoms with E-state index in [1.54, 1.807) is 18.2 Å². The van der Waals surface area contributed by atoms with Crippen molar-refractivity contribution in [2.24, 2.45) is 5.92 Å². The van der Waals surface area contributed by atoms with Crippen LogP contribution < -0.4 is 10.6 Å². The molecule has 2 amide bonds. The molecule has 2 aromatic rings. The first-order valence-electron chi connectivity index (χ1n) is 11.2. The molecule has 2 heterocycles. The molecule has 7 heteroatoms. The Kier molecular flexibility index (Phi) is 6.72. The van der Waals surface area contributed by atoms with Gasteiger partial charge in [0.15, 0.2) is 0 Å². The standard InChI is InChI=1S/C24H30FN3O2S/c1-15-10-11-17-20(13-15)31-24(27-21(29)14-28-12-6-5-7-16(28)2)22(17)23(30)26-19-9-4-3-8-18(19)25/h3-4,8-9,15-16H,5-7,10-14H2,1-2H3,(H,26,30)(H,27,29)/t15-,16-/m0/s1. The number of anilines is 2. The highest BCUT2D eigenvalue weighted by Gasteiger charge is 2.29. The van der Waals surface area contributed by atoms with Gasteiger partial charge in [0.05, 0.1) is 17.8 Å². The fourth-order valence-electron chi connectivity index (χ4n) is 4.57. The Morgan fingerprint density at radius 1 is 1.16 bits per heavy atom. The van der Waals surface area contributed by atoms with Crippen molar-refractivity contribution in [1.82, 2.24) is 4.90 Å². The molecule has 1 aliphatic carbocycles. The summed E-state index contributed by atoms with van der Waals surface area (Å²) in [6.45, 7) is 5.62. The van der Waals surface area contributed by atoms with Crippen LogP contribution in [-0.4, -0.2) is 35.8 Å². The second-order valence-electron chi connectivity index (χ2n) is 8.85. The number of benzene rings is 1. The highest BCUT2D eigenvalue weighted by atomic mass is 32.1. The number of halogens is 1. The predicted molar refractivity (Wildman–Crippen MR) is 123 cm³/mol. The lowest BCUT2D eigenvalue weighted by atomic mass is 9.88. The summed E-state index contributed by atoms with van der Waals surface area (Å²) in [5.41, 5.74) is 1.64. The van der Waals surface area contributed by atoms with Crippen molar-refractivity contribution in [3.8, 4) is 0 Å². The summed E-state index contributed by atoms with van der Waals surface area (Å²) in [6, 6.07) is 6.53. The molecule has 2 atom stereocenters.